The maximum atomic E-state index is 9.22. The molecule has 0 spiro atoms. The van der Waals surface area contributed by atoms with Crippen molar-refractivity contribution in [1.82, 2.24) is 4.98 Å². The Morgan fingerprint density at radius 1 is 1.16 bits per heavy atom. The van der Waals surface area contributed by atoms with Crippen LogP contribution in [0.4, 0.5) is 0 Å². The van der Waals surface area contributed by atoms with E-state index in [1.807, 2.05) is 26.0 Å². The molecular weight excluding hydrogens is 299 g/mol. The molecule has 0 amide bonds. The average molecular weight is 309 g/mol. The Labute approximate surface area is 126 Å². The van der Waals surface area contributed by atoms with Gasteiger partial charge in [0, 0.05) is 15.5 Å². The van der Waals surface area contributed by atoms with Crippen LogP contribution in [0.25, 0.3) is 0 Å². The maximum Gasteiger partial charge on any atom is 0.102 e. The SMILES string of the molecule is Cc1cc(Sc2ccc(Cl)c(Cl)c2)c(C#N)c(C)n1. The van der Waals surface area contributed by atoms with Gasteiger partial charge in [-0.15, -0.1) is 0 Å². The van der Waals surface area contributed by atoms with Crippen molar-refractivity contribution in [3.8, 4) is 6.07 Å². The first-order chi connectivity index (χ1) is 9.01. The van der Waals surface area contributed by atoms with E-state index in [0.29, 0.717) is 15.6 Å². The van der Waals surface area contributed by atoms with Gasteiger partial charge in [-0.1, -0.05) is 35.0 Å². The molecule has 96 valence electrons. The van der Waals surface area contributed by atoms with Gasteiger partial charge in [0.05, 0.1) is 21.3 Å². The van der Waals surface area contributed by atoms with Crippen molar-refractivity contribution >= 4 is 35.0 Å². The van der Waals surface area contributed by atoms with Crippen molar-refractivity contribution in [2.45, 2.75) is 23.6 Å². The van der Waals surface area contributed by atoms with Crippen LogP contribution in [0.5, 0.6) is 0 Å². The second kappa shape index (κ2) is 5.83. The van der Waals surface area contributed by atoms with Crippen molar-refractivity contribution in [3.05, 3.63) is 51.3 Å². The Bertz CT molecular complexity index is 678. The summed E-state index contributed by atoms with van der Waals surface area (Å²) in [6, 6.07) is 9.52. The number of rotatable bonds is 2. The van der Waals surface area contributed by atoms with Crippen LogP contribution >= 0.6 is 35.0 Å². The van der Waals surface area contributed by atoms with Gasteiger partial charge in [0.15, 0.2) is 0 Å². The second-order valence-electron chi connectivity index (χ2n) is 4.01. The van der Waals surface area contributed by atoms with Gasteiger partial charge in [0.2, 0.25) is 0 Å². The summed E-state index contributed by atoms with van der Waals surface area (Å²) in [6.07, 6.45) is 0. The molecule has 2 aromatic rings. The zero-order valence-corrected chi connectivity index (χ0v) is 12.7. The van der Waals surface area contributed by atoms with Gasteiger partial charge in [-0.25, -0.2) is 0 Å². The van der Waals surface area contributed by atoms with E-state index in [2.05, 4.69) is 11.1 Å². The minimum atomic E-state index is 0.507. The number of nitrogens with zero attached hydrogens (tertiary/aromatic N) is 2. The summed E-state index contributed by atoms with van der Waals surface area (Å²) in [7, 11) is 0. The Morgan fingerprint density at radius 2 is 1.89 bits per heavy atom. The minimum Gasteiger partial charge on any atom is -0.257 e. The third-order valence-corrected chi connectivity index (χ3v) is 4.29. The molecule has 19 heavy (non-hydrogen) atoms. The van der Waals surface area contributed by atoms with E-state index < -0.39 is 0 Å². The van der Waals surface area contributed by atoms with E-state index in [1.165, 1.54) is 11.8 Å². The summed E-state index contributed by atoms with van der Waals surface area (Å²) in [5, 5.41) is 10.2. The fraction of sp³-hybridized carbons (Fsp3) is 0.143. The van der Waals surface area contributed by atoms with Gasteiger partial charge in [-0.3, -0.25) is 4.98 Å². The Hall–Kier alpha value is -1.21. The number of aryl methyl sites for hydroxylation is 2. The van der Waals surface area contributed by atoms with E-state index in [-0.39, 0.29) is 0 Å². The third-order valence-electron chi connectivity index (χ3n) is 2.52. The van der Waals surface area contributed by atoms with Crippen molar-refractivity contribution in [3.63, 3.8) is 0 Å². The Balaban J connectivity index is 2.43. The standard InChI is InChI=1S/C14H10Cl2N2S/c1-8-5-14(11(7-17)9(2)18-8)19-10-3-4-12(15)13(16)6-10/h3-6H,1-2H3. The predicted octanol–water partition coefficient (Wildman–Crippen LogP) is 5.03. The third kappa shape index (κ3) is 3.22. The number of benzene rings is 1. The highest BCUT2D eigenvalue weighted by Crippen LogP contribution is 2.34. The smallest absolute Gasteiger partial charge is 0.102 e. The fourth-order valence-corrected chi connectivity index (χ4v) is 3.13. The number of nitriles is 1. The van der Waals surface area contributed by atoms with Crippen LogP contribution in [-0.4, -0.2) is 4.98 Å². The van der Waals surface area contributed by atoms with E-state index in [0.717, 1.165) is 21.2 Å². The first-order valence-corrected chi connectivity index (χ1v) is 7.09. The molecule has 2 nitrogen and oxygen atoms in total. The number of pyridine rings is 1. The Kier molecular flexibility index (Phi) is 4.36. The number of hydrogen-bond donors (Lipinski definition) is 0. The van der Waals surface area contributed by atoms with Crippen molar-refractivity contribution in [2.75, 3.05) is 0 Å². The molecule has 0 aliphatic rings. The van der Waals surface area contributed by atoms with Gasteiger partial charge in [-0.2, -0.15) is 5.26 Å². The predicted molar refractivity (Wildman–Crippen MR) is 79.0 cm³/mol. The summed E-state index contributed by atoms with van der Waals surface area (Å²) in [5.74, 6) is 0. The lowest BCUT2D eigenvalue weighted by Crippen LogP contribution is -1.94. The highest BCUT2D eigenvalue weighted by atomic mass is 35.5. The zero-order valence-electron chi connectivity index (χ0n) is 10.4. The molecule has 0 saturated heterocycles. The molecular formula is C14H10Cl2N2S. The minimum absolute atomic E-state index is 0.507. The van der Waals surface area contributed by atoms with Crippen LogP contribution in [-0.2, 0) is 0 Å². The molecule has 1 aromatic heterocycles. The van der Waals surface area contributed by atoms with E-state index >= 15 is 0 Å². The molecule has 0 bridgehead atoms. The highest BCUT2D eigenvalue weighted by molar-refractivity contribution is 7.99. The van der Waals surface area contributed by atoms with Gasteiger partial charge in [0.25, 0.3) is 0 Å². The number of aromatic nitrogens is 1. The van der Waals surface area contributed by atoms with Crippen molar-refractivity contribution in [2.24, 2.45) is 0 Å². The van der Waals surface area contributed by atoms with E-state index in [4.69, 9.17) is 23.2 Å². The molecule has 1 heterocycles. The molecule has 0 aliphatic carbocycles. The second-order valence-corrected chi connectivity index (χ2v) is 5.94. The molecule has 0 unspecified atom stereocenters. The molecule has 5 heteroatoms. The molecule has 0 atom stereocenters. The number of halogens is 2. The first kappa shape index (κ1) is 14.2. The quantitative estimate of drug-likeness (QED) is 0.781. The Morgan fingerprint density at radius 3 is 2.53 bits per heavy atom. The van der Waals surface area contributed by atoms with Crippen LogP contribution < -0.4 is 0 Å². The molecule has 0 aliphatic heterocycles. The molecule has 2 rings (SSSR count). The van der Waals surface area contributed by atoms with Crippen LogP contribution in [0, 0.1) is 25.2 Å². The van der Waals surface area contributed by atoms with Gasteiger partial charge in [0.1, 0.15) is 6.07 Å². The molecule has 1 aromatic carbocycles. The summed E-state index contributed by atoms with van der Waals surface area (Å²) >= 11 is 13.4. The summed E-state index contributed by atoms with van der Waals surface area (Å²) in [6.45, 7) is 3.75. The lowest BCUT2D eigenvalue weighted by atomic mass is 10.2. The lowest BCUT2D eigenvalue weighted by Gasteiger charge is -2.08. The van der Waals surface area contributed by atoms with Crippen LogP contribution in [0.15, 0.2) is 34.1 Å². The lowest BCUT2D eigenvalue weighted by molar-refractivity contribution is 1.07. The summed E-state index contributed by atoms with van der Waals surface area (Å²) in [4.78, 5) is 6.12. The molecule has 0 radical (unpaired) electrons. The van der Waals surface area contributed by atoms with Gasteiger partial charge < -0.3 is 0 Å². The van der Waals surface area contributed by atoms with E-state index in [9.17, 15) is 5.26 Å². The normalized spacial score (nSPS) is 10.3. The molecule has 0 saturated carbocycles. The van der Waals surface area contributed by atoms with Crippen LogP contribution in [0.2, 0.25) is 10.0 Å². The van der Waals surface area contributed by atoms with Gasteiger partial charge >= 0.3 is 0 Å². The number of hydrogen-bond acceptors (Lipinski definition) is 3. The maximum absolute atomic E-state index is 9.22. The first-order valence-electron chi connectivity index (χ1n) is 5.52. The fourth-order valence-electron chi connectivity index (χ4n) is 1.68. The molecule has 0 fully saturated rings. The average Bonchev–Trinajstić information content (AvgIpc) is 2.33. The van der Waals surface area contributed by atoms with E-state index in [1.54, 1.807) is 12.1 Å². The van der Waals surface area contributed by atoms with Crippen molar-refractivity contribution < 1.29 is 0 Å². The molecule has 0 N–H and O–H groups in total. The van der Waals surface area contributed by atoms with Crippen LogP contribution in [0.3, 0.4) is 0 Å². The largest absolute Gasteiger partial charge is 0.257 e. The van der Waals surface area contributed by atoms with Crippen molar-refractivity contribution in [1.29, 1.82) is 5.26 Å². The monoisotopic (exact) mass is 308 g/mol. The highest BCUT2D eigenvalue weighted by Gasteiger charge is 2.10. The summed E-state index contributed by atoms with van der Waals surface area (Å²) in [5.41, 5.74) is 2.23. The zero-order chi connectivity index (χ0) is 14.0. The van der Waals surface area contributed by atoms with Crippen LogP contribution in [0.1, 0.15) is 17.0 Å². The van der Waals surface area contributed by atoms with Gasteiger partial charge in [-0.05, 0) is 38.1 Å². The topological polar surface area (TPSA) is 36.7 Å². The summed E-state index contributed by atoms with van der Waals surface area (Å²) < 4.78 is 0.